The van der Waals surface area contributed by atoms with Crippen LogP contribution in [0, 0.1) is 5.92 Å². The fourth-order valence-corrected chi connectivity index (χ4v) is 1.16. The van der Waals surface area contributed by atoms with Gasteiger partial charge in [-0.2, -0.15) is 0 Å². The molecule has 0 spiro atoms. The molecule has 0 rings (SSSR count). The number of hydrogen-bond acceptors (Lipinski definition) is 2. The van der Waals surface area contributed by atoms with Gasteiger partial charge in [0.25, 0.3) is 0 Å². The lowest BCUT2D eigenvalue weighted by atomic mass is 9.99. The van der Waals surface area contributed by atoms with E-state index in [0.29, 0.717) is 0 Å². The summed E-state index contributed by atoms with van der Waals surface area (Å²) in [6, 6.07) is 0. The van der Waals surface area contributed by atoms with Gasteiger partial charge in [0.1, 0.15) is 0 Å². The molecule has 0 saturated carbocycles. The predicted molar refractivity (Wildman–Crippen MR) is 49.2 cm³/mol. The monoisotopic (exact) mass is 173 g/mol. The normalized spacial score (nSPS) is 12.8. The minimum atomic E-state index is -0.654. The molecule has 0 aliphatic rings. The second kappa shape index (κ2) is 7.10. The lowest BCUT2D eigenvalue weighted by Crippen LogP contribution is -2.19. The standard InChI is InChI=1S/C9H19NO2/c1-3-4-5-8(9(11)12)6-7-10-2/h8,10H,3-7H2,1-2H3,(H,11,12). The molecule has 0 aromatic carbocycles. The zero-order valence-electron chi connectivity index (χ0n) is 7.97. The molecule has 72 valence electrons. The lowest BCUT2D eigenvalue weighted by molar-refractivity contribution is -0.142. The van der Waals surface area contributed by atoms with Crippen LogP contribution < -0.4 is 5.32 Å². The first kappa shape index (κ1) is 11.4. The molecule has 1 atom stereocenters. The van der Waals surface area contributed by atoms with Crippen LogP contribution in [-0.4, -0.2) is 24.7 Å². The fourth-order valence-electron chi connectivity index (χ4n) is 1.16. The Hall–Kier alpha value is -0.570. The molecule has 0 heterocycles. The zero-order chi connectivity index (χ0) is 9.40. The van der Waals surface area contributed by atoms with Crippen LogP contribution in [0.15, 0.2) is 0 Å². The third-order valence-electron chi connectivity index (χ3n) is 2.00. The van der Waals surface area contributed by atoms with Gasteiger partial charge in [0.2, 0.25) is 0 Å². The van der Waals surface area contributed by atoms with Crippen molar-refractivity contribution in [3.63, 3.8) is 0 Å². The molecule has 0 radical (unpaired) electrons. The van der Waals surface area contributed by atoms with Crippen LogP contribution in [0.25, 0.3) is 0 Å². The molecular formula is C9H19NO2. The van der Waals surface area contributed by atoms with Gasteiger partial charge in [-0.25, -0.2) is 0 Å². The predicted octanol–water partition coefficient (Wildman–Crippen LogP) is 1.49. The highest BCUT2D eigenvalue weighted by Gasteiger charge is 2.15. The molecule has 3 nitrogen and oxygen atoms in total. The fraction of sp³-hybridized carbons (Fsp3) is 0.889. The summed E-state index contributed by atoms with van der Waals surface area (Å²) in [5.41, 5.74) is 0. The number of rotatable bonds is 7. The largest absolute Gasteiger partial charge is 0.481 e. The molecule has 0 bridgehead atoms. The summed E-state index contributed by atoms with van der Waals surface area (Å²) < 4.78 is 0. The molecule has 0 aromatic rings. The maximum absolute atomic E-state index is 10.7. The molecule has 0 aromatic heterocycles. The average molecular weight is 173 g/mol. The Labute approximate surface area is 74.2 Å². The highest BCUT2D eigenvalue weighted by atomic mass is 16.4. The van der Waals surface area contributed by atoms with Crippen molar-refractivity contribution >= 4 is 5.97 Å². The minimum absolute atomic E-state index is 0.155. The zero-order valence-corrected chi connectivity index (χ0v) is 7.97. The highest BCUT2D eigenvalue weighted by Crippen LogP contribution is 2.12. The van der Waals surface area contributed by atoms with E-state index in [1.54, 1.807) is 0 Å². The third kappa shape index (κ3) is 5.13. The first-order valence-electron chi connectivity index (χ1n) is 4.59. The van der Waals surface area contributed by atoms with Crippen molar-refractivity contribution in [3.05, 3.63) is 0 Å². The van der Waals surface area contributed by atoms with Gasteiger partial charge >= 0.3 is 5.97 Å². The highest BCUT2D eigenvalue weighted by molar-refractivity contribution is 5.69. The van der Waals surface area contributed by atoms with Gasteiger partial charge in [-0.1, -0.05) is 19.8 Å². The number of carbonyl (C=O) groups is 1. The van der Waals surface area contributed by atoms with Crippen molar-refractivity contribution in [2.24, 2.45) is 5.92 Å². The number of nitrogens with one attached hydrogen (secondary N) is 1. The van der Waals surface area contributed by atoms with Gasteiger partial charge in [-0.15, -0.1) is 0 Å². The van der Waals surface area contributed by atoms with Gasteiger partial charge in [-0.3, -0.25) is 4.79 Å². The van der Waals surface area contributed by atoms with Gasteiger partial charge in [0.05, 0.1) is 5.92 Å². The van der Waals surface area contributed by atoms with Crippen molar-refractivity contribution in [1.29, 1.82) is 0 Å². The minimum Gasteiger partial charge on any atom is -0.481 e. The van der Waals surface area contributed by atoms with E-state index >= 15 is 0 Å². The van der Waals surface area contributed by atoms with Crippen molar-refractivity contribution in [2.75, 3.05) is 13.6 Å². The number of aliphatic carboxylic acids is 1. The lowest BCUT2D eigenvalue weighted by Gasteiger charge is -2.10. The maximum atomic E-state index is 10.7. The van der Waals surface area contributed by atoms with Crippen LogP contribution in [0.3, 0.4) is 0 Å². The van der Waals surface area contributed by atoms with Crippen LogP contribution >= 0.6 is 0 Å². The summed E-state index contributed by atoms with van der Waals surface area (Å²) in [7, 11) is 1.85. The first-order valence-corrected chi connectivity index (χ1v) is 4.59. The molecule has 1 unspecified atom stereocenters. The third-order valence-corrected chi connectivity index (χ3v) is 2.00. The Bertz CT molecular complexity index is 118. The van der Waals surface area contributed by atoms with Crippen LogP contribution in [0.1, 0.15) is 32.6 Å². The van der Waals surface area contributed by atoms with E-state index < -0.39 is 5.97 Å². The van der Waals surface area contributed by atoms with E-state index in [-0.39, 0.29) is 5.92 Å². The van der Waals surface area contributed by atoms with Crippen LogP contribution in [0.5, 0.6) is 0 Å². The number of hydrogen-bond donors (Lipinski definition) is 2. The Kier molecular flexibility index (Phi) is 6.76. The molecule has 0 fully saturated rings. The molecule has 0 aliphatic heterocycles. The molecule has 0 amide bonds. The molecule has 12 heavy (non-hydrogen) atoms. The topological polar surface area (TPSA) is 49.3 Å². The van der Waals surface area contributed by atoms with Crippen LogP contribution in [-0.2, 0) is 4.79 Å². The van der Waals surface area contributed by atoms with Gasteiger partial charge in [0, 0.05) is 0 Å². The Morgan fingerprint density at radius 3 is 2.58 bits per heavy atom. The van der Waals surface area contributed by atoms with Gasteiger partial charge in [-0.05, 0) is 26.4 Å². The SMILES string of the molecule is CCCCC(CCNC)C(=O)O. The number of carboxylic acids is 1. The molecule has 0 aliphatic carbocycles. The van der Waals surface area contributed by atoms with E-state index in [4.69, 9.17) is 5.11 Å². The van der Waals surface area contributed by atoms with Crippen molar-refractivity contribution in [1.82, 2.24) is 5.32 Å². The van der Waals surface area contributed by atoms with Crippen molar-refractivity contribution in [3.8, 4) is 0 Å². The second-order valence-electron chi connectivity index (χ2n) is 3.07. The number of carboxylic acid groups (broad SMARTS) is 1. The summed E-state index contributed by atoms with van der Waals surface area (Å²) in [5, 5.41) is 11.8. The smallest absolute Gasteiger partial charge is 0.306 e. The Morgan fingerprint density at radius 2 is 2.17 bits per heavy atom. The molecule has 2 N–H and O–H groups in total. The van der Waals surface area contributed by atoms with E-state index in [1.807, 2.05) is 7.05 Å². The van der Waals surface area contributed by atoms with Crippen LogP contribution in [0.2, 0.25) is 0 Å². The summed E-state index contributed by atoms with van der Waals surface area (Å²) in [4.78, 5) is 10.7. The van der Waals surface area contributed by atoms with E-state index in [1.165, 1.54) is 0 Å². The summed E-state index contributed by atoms with van der Waals surface area (Å²) in [6.07, 6.45) is 3.64. The van der Waals surface area contributed by atoms with Gasteiger partial charge < -0.3 is 10.4 Å². The first-order chi connectivity index (χ1) is 5.72. The maximum Gasteiger partial charge on any atom is 0.306 e. The second-order valence-corrected chi connectivity index (χ2v) is 3.07. The van der Waals surface area contributed by atoms with Crippen molar-refractivity contribution < 1.29 is 9.90 Å². The van der Waals surface area contributed by atoms with Gasteiger partial charge in [0.15, 0.2) is 0 Å². The summed E-state index contributed by atoms with van der Waals surface area (Å²) in [6.45, 7) is 2.87. The quantitative estimate of drug-likeness (QED) is 0.613. The molecule has 0 saturated heterocycles. The average Bonchev–Trinajstić information content (AvgIpc) is 2.04. The summed E-state index contributed by atoms with van der Waals surface area (Å²) in [5.74, 6) is -0.809. The van der Waals surface area contributed by atoms with E-state index in [2.05, 4.69) is 12.2 Å². The molecular weight excluding hydrogens is 154 g/mol. The Balaban J connectivity index is 3.62. The van der Waals surface area contributed by atoms with E-state index in [9.17, 15) is 4.79 Å². The Morgan fingerprint density at radius 1 is 1.50 bits per heavy atom. The van der Waals surface area contributed by atoms with Crippen LogP contribution in [0.4, 0.5) is 0 Å². The van der Waals surface area contributed by atoms with E-state index in [0.717, 1.165) is 32.2 Å². The number of unbranched alkanes of at least 4 members (excludes halogenated alkanes) is 1. The summed E-state index contributed by atoms with van der Waals surface area (Å²) >= 11 is 0. The molecule has 3 heteroatoms. The van der Waals surface area contributed by atoms with Crippen molar-refractivity contribution in [2.45, 2.75) is 32.6 Å².